The Labute approximate surface area is 88.2 Å². The Balaban J connectivity index is 2.48. The first-order valence-corrected chi connectivity index (χ1v) is 4.80. The van der Waals surface area contributed by atoms with E-state index in [0.29, 0.717) is 18.1 Å². The normalized spacial score (nSPS) is 10.6. The molecule has 2 aromatic rings. The monoisotopic (exact) mass is 203 g/mol. The van der Waals surface area contributed by atoms with Crippen molar-refractivity contribution in [2.75, 3.05) is 0 Å². The van der Waals surface area contributed by atoms with E-state index >= 15 is 0 Å². The molecule has 2 N–H and O–H groups in total. The lowest BCUT2D eigenvalue weighted by molar-refractivity contribution is 0.543. The quantitative estimate of drug-likeness (QED) is 0.808. The average Bonchev–Trinajstić information content (AvgIpc) is 2.64. The first kappa shape index (κ1) is 9.86. The van der Waals surface area contributed by atoms with Crippen molar-refractivity contribution >= 4 is 0 Å². The highest BCUT2D eigenvalue weighted by Crippen LogP contribution is 2.18. The van der Waals surface area contributed by atoms with Gasteiger partial charge in [-0.2, -0.15) is 0 Å². The summed E-state index contributed by atoms with van der Waals surface area (Å²) in [5, 5.41) is 0. The van der Waals surface area contributed by atoms with Gasteiger partial charge in [0.25, 0.3) is 0 Å². The first-order chi connectivity index (χ1) is 7.19. The van der Waals surface area contributed by atoms with Gasteiger partial charge < -0.3 is 10.2 Å². The second kappa shape index (κ2) is 3.82. The molecule has 0 fully saturated rings. The molecule has 0 saturated carbocycles. The summed E-state index contributed by atoms with van der Waals surface area (Å²) in [6, 6.07) is 5.63. The predicted octanol–water partition coefficient (Wildman–Crippen LogP) is 1.81. The zero-order valence-corrected chi connectivity index (χ0v) is 8.82. The van der Waals surface area contributed by atoms with Gasteiger partial charge in [-0.1, -0.05) is 0 Å². The van der Waals surface area contributed by atoms with Gasteiger partial charge in [-0.05, 0) is 32.0 Å². The fourth-order valence-electron chi connectivity index (χ4n) is 1.40. The summed E-state index contributed by atoms with van der Waals surface area (Å²) in [6.45, 7) is 4.22. The molecule has 0 atom stereocenters. The molecule has 4 heteroatoms. The van der Waals surface area contributed by atoms with Gasteiger partial charge in [-0.25, -0.2) is 9.97 Å². The summed E-state index contributed by atoms with van der Waals surface area (Å²) in [7, 11) is 0. The number of aromatic nitrogens is 2. The Morgan fingerprint density at radius 2 is 2.07 bits per heavy atom. The summed E-state index contributed by atoms with van der Waals surface area (Å²) in [5.41, 5.74) is 7.27. The third-order valence-electron chi connectivity index (χ3n) is 2.08. The Hall–Kier alpha value is -1.68. The lowest BCUT2D eigenvalue weighted by Gasteiger charge is -2.01. The SMILES string of the molecule is Cc1cc(CN)nc(-c2ccc(C)o2)n1. The van der Waals surface area contributed by atoms with E-state index < -0.39 is 0 Å². The number of rotatable bonds is 2. The van der Waals surface area contributed by atoms with Crippen LogP contribution in [0.1, 0.15) is 17.1 Å². The number of hydrogen-bond donors (Lipinski definition) is 1. The standard InChI is InChI=1S/C11H13N3O/c1-7-5-9(6-12)14-11(13-7)10-4-3-8(2)15-10/h3-5H,6,12H2,1-2H3. The maximum absolute atomic E-state index is 5.55. The highest BCUT2D eigenvalue weighted by atomic mass is 16.3. The van der Waals surface area contributed by atoms with E-state index in [2.05, 4.69) is 9.97 Å². The van der Waals surface area contributed by atoms with E-state index in [9.17, 15) is 0 Å². The number of nitrogens with zero attached hydrogens (tertiary/aromatic N) is 2. The van der Waals surface area contributed by atoms with Crippen molar-refractivity contribution in [3.63, 3.8) is 0 Å². The maximum atomic E-state index is 5.55. The van der Waals surface area contributed by atoms with Crippen LogP contribution in [0.4, 0.5) is 0 Å². The largest absolute Gasteiger partial charge is 0.458 e. The minimum Gasteiger partial charge on any atom is -0.458 e. The van der Waals surface area contributed by atoms with E-state index in [1.165, 1.54) is 0 Å². The zero-order valence-electron chi connectivity index (χ0n) is 8.82. The smallest absolute Gasteiger partial charge is 0.196 e. The van der Waals surface area contributed by atoms with Gasteiger partial charge in [0.2, 0.25) is 0 Å². The minimum absolute atomic E-state index is 0.413. The molecule has 2 heterocycles. The molecular weight excluding hydrogens is 190 g/mol. The predicted molar refractivity (Wildman–Crippen MR) is 57.1 cm³/mol. The molecule has 0 spiro atoms. The second-order valence-electron chi connectivity index (χ2n) is 3.44. The summed E-state index contributed by atoms with van der Waals surface area (Å²) in [4.78, 5) is 8.61. The van der Waals surface area contributed by atoms with Crippen molar-refractivity contribution in [2.24, 2.45) is 5.73 Å². The molecule has 2 rings (SSSR count). The molecule has 4 nitrogen and oxygen atoms in total. The van der Waals surface area contributed by atoms with Gasteiger partial charge in [0, 0.05) is 12.2 Å². The molecule has 0 unspecified atom stereocenters. The Morgan fingerprint density at radius 3 is 2.67 bits per heavy atom. The molecule has 0 aliphatic heterocycles. The second-order valence-corrected chi connectivity index (χ2v) is 3.44. The van der Waals surface area contributed by atoms with E-state index in [4.69, 9.17) is 10.2 Å². The highest BCUT2D eigenvalue weighted by Gasteiger charge is 2.07. The van der Waals surface area contributed by atoms with Crippen LogP contribution < -0.4 is 5.73 Å². The van der Waals surface area contributed by atoms with Gasteiger partial charge in [-0.15, -0.1) is 0 Å². The van der Waals surface area contributed by atoms with Crippen molar-refractivity contribution in [3.8, 4) is 11.6 Å². The molecule has 78 valence electrons. The molecule has 0 aromatic carbocycles. The van der Waals surface area contributed by atoms with Crippen LogP contribution in [-0.4, -0.2) is 9.97 Å². The van der Waals surface area contributed by atoms with Crippen molar-refractivity contribution < 1.29 is 4.42 Å². The molecular formula is C11H13N3O. The summed E-state index contributed by atoms with van der Waals surface area (Å²) < 4.78 is 5.46. The molecule has 2 aromatic heterocycles. The van der Waals surface area contributed by atoms with Crippen LogP contribution in [0.5, 0.6) is 0 Å². The molecule has 0 saturated heterocycles. The van der Waals surface area contributed by atoms with Crippen LogP contribution in [0.15, 0.2) is 22.6 Å². The third kappa shape index (κ3) is 2.05. The number of aryl methyl sites for hydroxylation is 2. The molecule has 0 bridgehead atoms. The molecule has 0 aliphatic carbocycles. The van der Waals surface area contributed by atoms with E-state index in [1.807, 2.05) is 32.0 Å². The fourth-order valence-corrected chi connectivity index (χ4v) is 1.40. The topological polar surface area (TPSA) is 64.9 Å². The van der Waals surface area contributed by atoms with E-state index in [0.717, 1.165) is 17.1 Å². The summed E-state index contributed by atoms with van der Waals surface area (Å²) >= 11 is 0. The molecule has 0 aliphatic rings. The zero-order chi connectivity index (χ0) is 10.8. The van der Waals surface area contributed by atoms with Gasteiger partial charge in [0.15, 0.2) is 11.6 Å². The van der Waals surface area contributed by atoms with Crippen molar-refractivity contribution in [3.05, 3.63) is 35.3 Å². The van der Waals surface area contributed by atoms with Gasteiger partial charge in [0.1, 0.15) is 5.76 Å². The maximum Gasteiger partial charge on any atom is 0.196 e. The van der Waals surface area contributed by atoms with Crippen LogP contribution in [0.2, 0.25) is 0 Å². The first-order valence-electron chi connectivity index (χ1n) is 4.80. The number of nitrogens with two attached hydrogens (primary N) is 1. The van der Waals surface area contributed by atoms with E-state index in [-0.39, 0.29) is 0 Å². The van der Waals surface area contributed by atoms with E-state index in [1.54, 1.807) is 0 Å². The van der Waals surface area contributed by atoms with Crippen molar-refractivity contribution in [2.45, 2.75) is 20.4 Å². The fraction of sp³-hybridized carbons (Fsp3) is 0.273. The number of furan rings is 1. The van der Waals surface area contributed by atoms with Crippen LogP contribution in [0, 0.1) is 13.8 Å². The Kier molecular flexibility index (Phi) is 2.51. The highest BCUT2D eigenvalue weighted by molar-refractivity contribution is 5.47. The Morgan fingerprint density at radius 1 is 1.27 bits per heavy atom. The van der Waals surface area contributed by atoms with Gasteiger partial charge >= 0.3 is 0 Å². The Bertz CT molecular complexity index is 476. The van der Waals surface area contributed by atoms with Crippen LogP contribution in [0.3, 0.4) is 0 Å². The van der Waals surface area contributed by atoms with Crippen molar-refractivity contribution in [1.29, 1.82) is 0 Å². The minimum atomic E-state index is 0.413. The average molecular weight is 203 g/mol. The van der Waals surface area contributed by atoms with Crippen LogP contribution >= 0.6 is 0 Å². The molecule has 0 amide bonds. The molecule has 15 heavy (non-hydrogen) atoms. The third-order valence-corrected chi connectivity index (χ3v) is 2.08. The van der Waals surface area contributed by atoms with Crippen LogP contribution in [0.25, 0.3) is 11.6 Å². The summed E-state index contributed by atoms with van der Waals surface area (Å²) in [6.07, 6.45) is 0. The summed E-state index contributed by atoms with van der Waals surface area (Å²) in [5.74, 6) is 2.14. The lowest BCUT2D eigenvalue weighted by atomic mass is 10.3. The van der Waals surface area contributed by atoms with Crippen molar-refractivity contribution in [1.82, 2.24) is 9.97 Å². The lowest BCUT2D eigenvalue weighted by Crippen LogP contribution is -2.03. The van der Waals surface area contributed by atoms with Crippen LogP contribution in [-0.2, 0) is 6.54 Å². The van der Waals surface area contributed by atoms with Gasteiger partial charge in [-0.3, -0.25) is 0 Å². The van der Waals surface area contributed by atoms with Gasteiger partial charge in [0.05, 0.1) is 5.69 Å². The number of hydrogen-bond acceptors (Lipinski definition) is 4. The molecule has 0 radical (unpaired) electrons.